The third kappa shape index (κ3) is 5.91. The highest BCUT2D eigenvalue weighted by atomic mass is 16.4. The van der Waals surface area contributed by atoms with Gasteiger partial charge in [0.05, 0.1) is 0 Å². The van der Waals surface area contributed by atoms with Crippen molar-refractivity contribution in [2.24, 2.45) is 0 Å². The van der Waals surface area contributed by atoms with Gasteiger partial charge in [0.15, 0.2) is 0 Å². The largest absolute Gasteiger partial charge is 0.480 e. The molecule has 2 aromatic carbocycles. The fraction of sp³-hybridized carbons (Fsp3) is 0.304. The Balaban J connectivity index is 1.72. The molecule has 3 amide bonds. The summed E-state index contributed by atoms with van der Waals surface area (Å²) >= 11 is 0. The van der Waals surface area contributed by atoms with Crippen molar-refractivity contribution in [3.8, 4) is 0 Å². The molecule has 1 aliphatic rings. The Hall–Kier alpha value is -3.68. The van der Waals surface area contributed by atoms with Crippen LogP contribution in [0.1, 0.15) is 28.8 Å². The summed E-state index contributed by atoms with van der Waals surface area (Å²) in [6.07, 6.45) is 1.39. The summed E-state index contributed by atoms with van der Waals surface area (Å²) in [6.45, 7) is -0.0809. The van der Waals surface area contributed by atoms with Gasteiger partial charge in [-0.05, 0) is 30.5 Å². The van der Waals surface area contributed by atoms with Gasteiger partial charge in [0.1, 0.15) is 18.6 Å². The molecule has 1 saturated heterocycles. The zero-order valence-electron chi connectivity index (χ0n) is 17.0. The van der Waals surface area contributed by atoms with Gasteiger partial charge < -0.3 is 20.6 Å². The Morgan fingerprint density at radius 1 is 1.00 bits per heavy atom. The van der Waals surface area contributed by atoms with E-state index in [1.165, 1.54) is 4.90 Å². The van der Waals surface area contributed by atoms with Crippen molar-refractivity contribution >= 4 is 23.7 Å². The second kappa shape index (κ2) is 10.4. The molecule has 0 spiro atoms. The van der Waals surface area contributed by atoms with Crippen molar-refractivity contribution < 1.29 is 24.3 Å². The second-order valence-corrected chi connectivity index (χ2v) is 7.39. The maximum absolute atomic E-state index is 13.0. The van der Waals surface area contributed by atoms with E-state index >= 15 is 0 Å². The lowest BCUT2D eigenvalue weighted by Crippen LogP contribution is -2.54. The molecule has 162 valence electrons. The van der Waals surface area contributed by atoms with Crippen molar-refractivity contribution in [2.75, 3.05) is 13.1 Å². The Morgan fingerprint density at radius 3 is 2.29 bits per heavy atom. The quantitative estimate of drug-likeness (QED) is 0.590. The summed E-state index contributed by atoms with van der Waals surface area (Å²) in [5.41, 5.74) is 1.32. The molecule has 8 heteroatoms. The number of hydrogen-bond donors (Lipinski definition) is 3. The third-order valence-electron chi connectivity index (χ3n) is 5.17. The summed E-state index contributed by atoms with van der Waals surface area (Å²) in [6, 6.07) is 16.2. The first-order valence-corrected chi connectivity index (χ1v) is 10.2. The van der Waals surface area contributed by atoms with Crippen LogP contribution in [0.3, 0.4) is 0 Å². The highest BCUT2D eigenvalue weighted by Gasteiger charge is 2.36. The lowest BCUT2D eigenvalue weighted by molar-refractivity contribution is -0.138. The average molecular weight is 423 g/mol. The molecule has 2 atom stereocenters. The smallest absolute Gasteiger partial charge is 0.322 e. The first kappa shape index (κ1) is 22.0. The lowest BCUT2D eigenvalue weighted by Gasteiger charge is -2.26. The van der Waals surface area contributed by atoms with E-state index in [1.807, 2.05) is 36.4 Å². The topological polar surface area (TPSA) is 116 Å². The molecule has 0 unspecified atom stereocenters. The number of carbonyl (C=O) groups is 4. The minimum absolute atomic E-state index is 0.206. The van der Waals surface area contributed by atoms with E-state index in [0.29, 0.717) is 24.9 Å². The van der Waals surface area contributed by atoms with E-state index in [-0.39, 0.29) is 12.3 Å². The minimum atomic E-state index is -1.17. The Bertz CT molecular complexity index is 933. The molecular weight excluding hydrogens is 398 g/mol. The van der Waals surface area contributed by atoms with Crippen LogP contribution >= 0.6 is 0 Å². The van der Waals surface area contributed by atoms with E-state index in [4.69, 9.17) is 5.11 Å². The van der Waals surface area contributed by atoms with Crippen molar-refractivity contribution in [2.45, 2.75) is 31.3 Å². The van der Waals surface area contributed by atoms with Gasteiger partial charge >= 0.3 is 5.97 Å². The molecule has 0 saturated carbocycles. The van der Waals surface area contributed by atoms with Crippen LogP contribution in [0.25, 0.3) is 0 Å². The number of nitrogens with zero attached hydrogens (tertiary/aromatic N) is 1. The van der Waals surface area contributed by atoms with Crippen LogP contribution in [0.15, 0.2) is 60.7 Å². The molecular formula is C23H25N3O5. The van der Waals surface area contributed by atoms with Crippen LogP contribution in [0.2, 0.25) is 0 Å². The lowest BCUT2D eigenvalue weighted by atomic mass is 10.0. The van der Waals surface area contributed by atoms with Gasteiger partial charge in [0.2, 0.25) is 11.8 Å². The average Bonchev–Trinajstić information content (AvgIpc) is 3.28. The monoisotopic (exact) mass is 423 g/mol. The number of carboxylic acids is 1. The molecule has 0 aliphatic carbocycles. The Labute approximate surface area is 180 Å². The third-order valence-corrected chi connectivity index (χ3v) is 5.17. The van der Waals surface area contributed by atoms with E-state index in [9.17, 15) is 19.2 Å². The van der Waals surface area contributed by atoms with E-state index in [2.05, 4.69) is 10.6 Å². The molecule has 31 heavy (non-hydrogen) atoms. The first-order chi connectivity index (χ1) is 15.0. The van der Waals surface area contributed by atoms with Crippen LogP contribution in [0, 0.1) is 0 Å². The van der Waals surface area contributed by atoms with E-state index < -0.39 is 36.4 Å². The Kier molecular flexibility index (Phi) is 7.37. The van der Waals surface area contributed by atoms with Crippen LogP contribution in [0.4, 0.5) is 0 Å². The predicted molar refractivity (Wildman–Crippen MR) is 113 cm³/mol. The molecule has 1 fully saturated rings. The molecule has 1 aliphatic heterocycles. The summed E-state index contributed by atoms with van der Waals surface area (Å²) in [5.74, 6) is -2.41. The Morgan fingerprint density at radius 2 is 1.65 bits per heavy atom. The number of benzene rings is 2. The normalized spacial score (nSPS) is 16.4. The van der Waals surface area contributed by atoms with Crippen LogP contribution in [0.5, 0.6) is 0 Å². The van der Waals surface area contributed by atoms with Crippen LogP contribution in [-0.4, -0.2) is 58.9 Å². The van der Waals surface area contributed by atoms with Crippen LogP contribution < -0.4 is 10.6 Å². The number of rotatable bonds is 8. The van der Waals surface area contributed by atoms with Crippen molar-refractivity contribution in [3.05, 3.63) is 71.8 Å². The molecule has 3 rings (SSSR count). The maximum atomic E-state index is 13.0. The molecule has 0 aromatic heterocycles. The molecule has 0 radical (unpaired) electrons. The SMILES string of the molecule is O=C(O)CNC(=O)[C@H](Cc1ccccc1)NC(=O)[C@@H]1CCCN1C(=O)c1ccccc1. The van der Waals surface area contributed by atoms with Gasteiger partial charge in [0.25, 0.3) is 5.91 Å². The van der Waals surface area contributed by atoms with Crippen molar-refractivity contribution in [1.29, 1.82) is 0 Å². The first-order valence-electron chi connectivity index (χ1n) is 10.2. The van der Waals surface area contributed by atoms with Crippen molar-refractivity contribution in [1.82, 2.24) is 15.5 Å². The number of hydrogen-bond acceptors (Lipinski definition) is 4. The predicted octanol–water partition coefficient (Wildman–Crippen LogP) is 1.22. The number of aliphatic carboxylic acids is 1. The fourth-order valence-corrected chi connectivity index (χ4v) is 3.64. The summed E-state index contributed by atoms with van der Waals surface area (Å²) in [7, 11) is 0. The standard InChI is InChI=1S/C23H25N3O5/c27-20(28)15-24-21(29)18(14-16-8-3-1-4-9-16)25-22(30)19-12-7-13-26(19)23(31)17-10-5-2-6-11-17/h1-6,8-11,18-19H,7,12-15H2,(H,24,29)(H,25,30)(H,27,28)/t18-,19-/m0/s1. The zero-order valence-corrected chi connectivity index (χ0v) is 17.0. The summed E-state index contributed by atoms with van der Waals surface area (Å²) < 4.78 is 0. The molecule has 3 N–H and O–H groups in total. The van der Waals surface area contributed by atoms with Gasteiger partial charge in [0, 0.05) is 18.5 Å². The number of carboxylic acid groups (broad SMARTS) is 1. The molecule has 8 nitrogen and oxygen atoms in total. The van der Waals surface area contributed by atoms with Gasteiger partial charge in [-0.1, -0.05) is 48.5 Å². The van der Waals surface area contributed by atoms with Gasteiger partial charge in [-0.2, -0.15) is 0 Å². The van der Waals surface area contributed by atoms with Gasteiger partial charge in [-0.25, -0.2) is 0 Å². The highest BCUT2D eigenvalue weighted by molar-refractivity contribution is 5.99. The second-order valence-electron chi connectivity index (χ2n) is 7.39. The number of nitrogens with one attached hydrogen (secondary N) is 2. The number of likely N-dealkylation sites (tertiary alicyclic amines) is 1. The number of amides is 3. The number of carbonyl (C=O) groups excluding carboxylic acids is 3. The zero-order chi connectivity index (χ0) is 22.2. The molecule has 1 heterocycles. The van der Waals surface area contributed by atoms with Crippen molar-refractivity contribution in [3.63, 3.8) is 0 Å². The van der Waals surface area contributed by atoms with E-state index in [1.54, 1.807) is 24.3 Å². The van der Waals surface area contributed by atoms with E-state index in [0.717, 1.165) is 5.56 Å². The van der Waals surface area contributed by atoms with Gasteiger partial charge in [-0.15, -0.1) is 0 Å². The fourth-order valence-electron chi connectivity index (χ4n) is 3.64. The molecule has 2 aromatic rings. The van der Waals surface area contributed by atoms with Crippen LogP contribution in [-0.2, 0) is 20.8 Å². The highest BCUT2D eigenvalue weighted by Crippen LogP contribution is 2.20. The maximum Gasteiger partial charge on any atom is 0.322 e. The van der Waals surface area contributed by atoms with Gasteiger partial charge in [-0.3, -0.25) is 19.2 Å². The minimum Gasteiger partial charge on any atom is -0.480 e. The summed E-state index contributed by atoms with van der Waals surface area (Å²) in [4.78, 5) is 50.8. The molecule has 0 bridgehead atoms. The summed E-state index contributed by atoms with van der Waals surface area (Å²) in [5, 5.41) is 13.9.